The number of rotatable bonds is 0. The van der Waals surface area contributed by atoms with Crippen LogP contribution in [0.1, 0.15) is 11.3 Å². The molecule has 0 amide bonds. The van der Waals surface area contributed by atoms with Gasteiger partial charge in [0.25, 0.3) is 0 Å². The van der Waals surface area contributed by atoms with E-state index in [1.165, 1.54) is 5.56 Å². The Labute approximate surface area is 75.9 Å². The molecule has 2 rings (SSSR count). The fourth-order valence-electron chi connectivity index (χ4n) is 1.18. The van der Waals surface area contributed by atoms with Crippen LogP contribution in [-0.2, 0) is 6.42 Å². The van der Waals surface area contributed by atoms with Crippen LogP contribution in [0, 0.1) is 6.92 Å². The van der Waals surface area contributed by atoms with Crippen molar-refractivity contribution in [3.05, 3.63) is 28.8 Å². The summed E-state index contributed by atoms with van der Waals surface area (Å²) < 4.78 is 0. The van der Waals surface area contributed by atoms with Gasteiger partial charge >= 0.3 is 0 Å². The van der Waals surface area contributed by atoms with Crippen molar-refractivity contribution in [2.45, 2.75) is 18.4 Å². The van der Waals surface area contributed by atoms with Gasteiger partial charge in [0.05, 0.1) is 11.4 Å². The number of allylic oxidation sites excluding steroid dienone is 1. The predicted octanol–water partition coefficient (Wildman–Crippen LogP) is 2.13. The Kier molecular flexibility index (Phi) is 1.81. The van der Waals surface area contributed by atoms with E-state index >= 15 is 0 Å². The van der Waals surface area contributed by atoms with Crippen molar-refractivity contribution in [1.82, 2.24) is 4.98 Å². The molecule has 1 aliphatic rings. The number of hydrogen-bond donors (Lipinski definition) is 1. The van der Waals surface area contributed by atoms with Crippen LogP contribution in [0.25, 0.3) is 0 Å². The molecule has 0 atom stereocenters. The molecule has 0 saturated heterocycles. The van der Waals surface area contributed by atoms with Gasteiger partial charge in [-0.05, 0) is 30.4 Å². The second-order valence-corrected chi connectivity index (χ2v) is 3.72. The van der Waals surface area contributed by atoms with Crippen molar-refractivity contribution in [3.8, 4) is 0 Å². The Morgan fingerprint density at radius 2 is 2.42 bits per heavy atom. The highest BCUT2D eigenvalue weighted by Crippen LogP contribution is 2.28. The van der Waals surface area contributed by atoms with E-state index in [-0.39, 0.29) is 0 Å². The van der Waals surface area contributed by atoms with Crippen LogP contribution in [0.15, 0.2) is 22.6 Å². The number of anilines is 1. The molecule has 0 fully saturated rings. The van der Waals surface area contributed by atoms with E-state index in [1.807, 2.05) is 13.0 Å². The second kappa shape index (κ2) is 2.83. The standard InChI is InChI=1S/C9H10N2S/c1-6-8(10)5-7-3-2-4-12-9(7)11-6/h2,4-5H,3,10H2,1H3. The van der Waals surface area contributed by atoms with E-state index in [4.69, 9.17) is 5.73 Å². The molecule has 0 spiro atoms. The van der Waals surface area contributed by atoms with Crippen LogP contribution in [0.2, 0.25) is 0 Å². The lowest BCUT2D eigenvalue weighted by atomic mass is 10.2. The number of nitrogens with two attached hydrogens (primary N) is 1. The first-order chi connectivity index (χ1) is 5.77. The maximum atomic E-state index is 5.75. The molecule has 3 heteroatoms. The number of aromatic nitrogens is 1. The van der Waals surface area contributed by atoms with E-state index in [9.17, 15) is 0 Å². The smallest absolute Gasteiger partial charge is 0.104 e. The van der Waals surface area contributed by atoms with Crippen LogP contribution in [-0.4, -0.2) is 4.98 Å². The maximum absolute atomic E-state index is 5.75. The molecule has 0 aliphatic carbocycles. The molecule has 12 heavy (non-hydrogen) atoms. The summed E-state index contributed by atoms with van der Waals surface area (Å²) in [5.41, 5.74) is 8.71. The van der Waals surface area contributed by atoms with Gasteiger partial charge in [-0.25, -0.2) is 4.98 Å². The normalized spacial score (nSPS) is 14.4. The molecule has 0 aromatic carbocycles. The summed E-state index contributed by atoms with van der Waals surface area (Å²) in [4.78, 5) is 4.40. The van der Waals surface area contributed by atoms with Crippen molar-refractivity contribution < 1.29 is 0 Å². The molecule has 2 heterocycles. The molecule has 1 aromatic heterocycles. The van der Waals surface area contributed by atoms with Crippen LogP contribution in [0.3, 0.4) is 0 Å². The fourth-order valence-corrected chi connectivity index (χ4v) is 1.98. The second-order valence-electron chi connectivity index (χ2n) is 2.82. The summed E-state index contributed by atoms with van der Waals surface area (Å²) >= 11 is 1.66. The van der Waals surface area contributed by atoms with Crippen molar-refractivity contribution in [1.29, 1.82) is 0 Å². The Morgan fingerprint density at radius 1 is 1.58 bits per heavy atom. The molecule has 2 nitrogen and oxygen atoms in total. The number of pyridine rings is 1. The highest BCUT2D eigenvalue weighted by atomic mass is 32.2. The van der Waals surface area contributed by atoms with Crippen LogP contribution in [0.5, 0.6) is 0 Å². The molecular weight excluding hydrogens is 168 g/mol. The first kappa shape index (κ1) is 7.68. The van der Waals surface area contributed by atoms with Crippen LogP contribution < -0.4 is 5.73 Å². The maximum Gasteiger partial charge on any atom is 0.104 e. The van der Waals surface area contributed by atoms with E-state index in [1.54, 1.807) is 11.8 Å². The largest absolute Gasteiger partial charge is 0.397 e. The molecule has 0 saturated carbocycles. The molecule has 1 aliphatic heterocycles. The SMILES string of the molecule is Cc1nc2c(cc1N)CC=CS2. The van der Waals surface area contributed by atoms with E-state index in [2.05, 4.69) is 16.5 Å². The molecule has 1 aromatic rings. The Hall–Kier alpha value is -0.960. The van der Waals surface area contributed by atoms with Crippen molar-refractivity contribution >= 4 is 17.4 Å². The van der Waals surface area contributed by atoms with E-state index < -0.39 is 0 Å². The molecule has 0 bridgehead atoms. The van der Waals surface area contributed by atoms with E-state index in [0.717, 1.165) is 22.8 Å². The average molecular weight is 178 g/mol. The van der Waals surface area contributed by atoms with Gasteiger partial charge in [-0.15, -0.1) is 0 Å². The summed E-state index contributed by atoms with van der Waals surface area (Å²) in [6, 6.07) is 2.02. The predicted molar refractivity (Wildman–Crippen MR) is 52.1 cm³/mol. The highest BCUT2D eigenvalue weighted by Gasteiger charge is 2.08. The van der Waals surface area contributed by atoms with Gasteiger partial charge in [-0.1, -0.05) is 17.8 Å². The summed E-state index contributed by atoms with van der Waals surface area (Å²) in [6.07, 6.45) is 3.09. The van der Waals surface area contributed by atoms with Crippen molar-refractivity contribution in [3.63, 3.8) is 0 Å². The minimum Gasteiger partial charge on any atom is -0.397 e. The van der Waals surface area contributed by atoms with Crippen LogP contribution >= 0.6 is 11.8 Å². The molecular formula is C9H10N2S. The Morgan fingerprint density at radius 3 is 3.25 bits per heavy atom. The monoisotopic (exact) mass is 178 g/mol. The fraction of sp³-hybridized carbons (Fsp3) is 0.222. The lowest BCUT2D eigenvalue weighted by Crippen LogP contribution is -2.00. The summed E-state index contributed by atoms with van der Waals surface area (Å²) in [7, 11) is 0. The molecule has 2 N–H and O–H groups in total. The van der Waals surface area contributed by atoms with Gasteiger partial charge in [0.1, 0.15) is 5.03 Å². The van der Waals surface area contributed by atoms with E-state index in [0.29, 0.717) is 0 Å². The average Bonchev–Trinajstić information content (AvgIpc) is 2.07. The van der Waals surface area contributed by atoms with Gasteiger partial charge in [0, 0.05) is 0 Å². The van der Waals surface area contributed by atoms with Crippen molar-refractivity contribution in [2.24, 2.45) is 0 Å². The molecule has 62 valence electrons. The highest BCUT2D eigenvalue weighted by molar-refractivity contribution is 8.02. The minimum absolute atomic E-state index is 0.796. The summed E-state index contributed by atoms with van der Waals surface area (Å²) in [6.45, 7) is 1.94. The lowest BCUT2D eigenvalue weighted by Gasteiger charge is -2.11. The number of hydrogen-bond acceptors (Lipinski definition) is 3. The first-order valence-corrected chi connectivity index (χ1v) is 4.73. The third-order valence-electron chi connectivity index (χ3n) is 1.91. The first-order valence-electron chi connectivity index (χ1n) is 3.85. The third kappa shape index (κ3) is 1.20. The lowest BCUT2D eigenvalue weighted by molar-refractivity contribution is 0.998. The number of fused-ring (bicyclic) bond motifs is 1. The van der Waals surface area contributed by atoms with Crippen LogP contribution in [0.4, 0.5) is 5.69 Å². The minimum atomic E-state index is 0.796. The van der Waals surface area contributed by atoms with Gasteiger partial charge in [0.15, 0.2) is 0 Å². The Balaban J connectivity index is 2.53. The zero-order valence-corrected chi connectivity index (χ0v) is 7.69. The Bertz CT molecular complexity index is 312. The zero-order valence-electron chi connectivity index (χ0n) is 6.87. The third-order valence-corrected chi connectivity index (χ3v) is 2.81. The van der Waals surface area contributed by atoms with Gasteiger partial charge < -0.3 is 5.73 Å². The summed E-state index contributed by atoms with van der Waals surface area (Å²) in [5.74, 6) is 0. The number of aryl methyl sites for hydroxylation is 1. The molecule has 0 unspecified atom stereocenters. The van der Waals surface area contributed by atoms with Crippen molar-refractivity contribution in [2.75, 3.05) is 5.73 Å². The quantitative estimate of drug-likeness (QED) is 0.661. The number of thioether (sulfide) groups is 1. The number of nitrogens with zero attached hydrogens (tertiary/aromatic N) is 1. The number of nitrogen functional groups attached to an aromatic ring is 1. The van der Waals surface area contributed by atoms with Gasteiger partial charge in [0.2, 0.25) is 0 Å². The molecule has 0 radical (unpaired) electrons. The van der Waals surface area contributed by atoms with Gasteiger partial charge in [-0.3, -0.25) is 0 Å². The zero-order chi connectivity index (χ0) is 8.55. The van der Waals surface area contributed by atoms with Gasteiger partial charge in [-0.2, -0.15) is 0 Å². The summed E-state index contributed by atoms with van der Waals surface area (Å²) in [5, 5.41) is 3.18. The topological polar surface area (TPSA) is 38.9 Å².